The Morgan fingerprint density at radius 2 is 1.90 bits per heavy atom. The maximum atomic E-state index is 12.6. The molecule has 108 valence electrons. The predicted molar refractivity (Wildman–Crippen MR) is 81.1 cm³/mol. The minimum absolute atomic E-state index is 0.0704. The lowest BCUT2D eigenvalue weighted by Crippen LogP contribution is -2.26. The van der Waals surface area contributed by atoms with Gasteiger partial charge < -0.3 is 10.2 Å². The Kier molecular flexibility index (Phi) is 4.22. The molecule has 0 aliphatic rings. The molecule has 0 unspecified atom stereocenters. The minimum atomic E-state index is -3.69. The van der Waals surface area contributed by atoms with Crippen LogP contribution in [0.25, 0.3) is 0 Å². The van der Waals surface area contributed by atoms with Crippen molar-refractivity contribution in [1.29, 1.82) is 0 Å². The van der Waals surface area contributed by atoms with Crippen LogP contribution in [0.15, 0.2) is 44.3 Å². The molecular formula is C13H15BrN2O3S. The van der Waals surface area contributed by atoms with Crippen molar-refractivity contribution < 1.29 is 12.8 Å². The van der Waals surface area contributed by atoms with E-state index in [0.717, 1.165) is 5.56 Å². The SMILES string of the molecule is Cc1ccc(N(C)S(=O)(=O)c2cc(CN)oc2Br)cc1. The van der Waals surface area contributed by atoms with Gasteiger partial charge in [0.15, 0.2) is 4.67 Å². The molecule has 5 nitrogen and oxygen atoms in total. The fourth-order valence-corrected chi connectivity index (χ4v) is 3.87. The monoisotopic (exact) mass is 358 g/mol. The van der Waals surface area contributed by atoms with Gasteiger partial charge in [-0.25, -0.2) is 8.42 Å². The molecule has 20 heavy (non-hydrogen) atoms. The van der Waals surface area contributed by atoms with Crippen molar-refractivity contribution in [2.45, 2.75) is 18.4 Å². The lowest BCUT2D eigenvalue weighted by atomic mass is 10.2. The number of rotatable bonds is 4. The molecule has 0 saturated heterocycles. The van der Waals surface area contributed by atoms with Gasteiger partial charge in [-0.05, 0) is 35.0 Å². The molecule has 1 aromatic carbocycles. The second-order valence-electron chi connectivity index (χ2n) is 4.36. The first kappa shape index (κ1) is 15.1. The highest BCUT2D eigenvalue weighted by Crippen LogP contribution is 2.30. The summed E-state index contributed by atoms with van der Waals surface area (Å²) in [6.07, 6.45) is 0. The molecule has 1 aromatic heterocycles. The van der Waals surface area contributed by atoms with Crippen LogP contribution in [0, 0.1) is 6.92 Å². The highest BCUT2D eigenvalue weighted by atomic mass is 79.9. The molecule has 0 bridgehead atoms. The fraction of sp³-hybridized carbons (Fsp3) is 0.231. The number of sulfonamides is 1. The molecule has 2 rings (SSSR count). The van der Waals surface area contributed by atoms with Gasteiger partial charge in [-0.3, -0.25) is 4.31 Å². The van der Waals surface area contributed by atoms with Crippen LogP contribution in [-0.2, 0) is 16.6 Å². The zero-order chi connectivity index (χ0) is 14.9. The number of hydrogen-bond donors (Lipinski definition) is 1. The van der Waals surface area contributed by atoms with E-state index in [9.17, 15) is 8.42 Å². The Bertz CT molecular complexity index is 708. The summed E-state index contributed by atoms with van der Waals surface area (Å²) in [7, 11) is -2.19. The molecule has 0 radical (unpaired) electrons. The average Bonchev–Trinajstić information content (AvgIpc) is 2.81. The molecule has 0 aliphatic carbocycles. The topological polar surface area (TPSA) is 76.5 Å². The molecule has 0 saturated carbocycles. The maximum Gasteiger partial charge on any atom is 0.268 e. The molecule has 0 fully saturated rings. The average molecular weight is 359 g/mol. The molecule has 0 aliphatic heterocycles. The van der Waals surface area contributed by atoms with Crippen LogP contribution in [0.5, 0.6) is 0 Å². The van der Waals surface area contributed by atoms with Crippen molar-refractivity contribution in [2.24, 2.45) is 5.73 Å². The van der Waals surface area contributed by atoms with Gasteiger partial charge in [-0.2, -0.15) is 0 Å². The Balaban J connectivity index is 2.43. The van der Waals surface area contributed by atoms with Crippen LogP contribution < -0.4 is 10.0 Å². The quantitative estimate of drug-likeness (QED) is 0.911. The van der Waals surface area contributed by atoms with Crippen LogP contribution in [-0.4, -0.2) is 15.5 Å². The van der Waals surface area contributed by atoms with Gasteiger partial charge in [0.25, 0.3) is 10.0 Å². The van der Waals surface area contributed by atoms with Gasteiger partial charge in [0.05, 0.1) is 12.2 Å². The zero-order valence-corrected chi connectivity index (χ0v) is 13.5. The van der Waals surface area contributed by atoms with Gasteiger partial charge in [0.2, 0.25) is 0 Å². The second-order valence-corrected chi connectivity index (χ2v) is 7.02. The van der Waals surface area contributed by atoms with E-state index in [0.29, 0.717) is 11.4 Å². The number of nitrogens with two attached hydrogens (primary N) is 1. The van der Waals surface area contributed by atoms with Crippen molar-refractivity contribution in [1.82, 2.24) is 0 Å². The Hall–Kier alpha value is -1.31. The van der Waals surface area contributed by atoms with Gasteiger partial charge >= 0.3 is 0 Å². The molecule has 2 aromatic rings. The fourth-order valence-electron chi connectivity index (χ4n) is 1.72. The third-order valence-electron chi connectivity index (χ3n) is 2.94. The van der Waals surface area contributed by atoms with Crippen molar-refractivity contribution in [3.05, 3.63) is 46.3 Å². The minimum Gasteiger partial charge on any atom is -0.452 e. The van der Waals surface area contributed by atoms with E-state index in [1.165, 1.54) is 17.4 Å². The number of anilines is 1. The summed E-state index contributed by atoms with van der Waals surface area (Å²) >= 11 is 3.12. The van der Waals surface area contributed by atoms with Crippen LogP contribution in [0.4, 0.5) is 5.69 Å². The summed E-state index contributed by atoms with van der Waals surface area (Å²) in [5.41, 5.74) is 7.10. The lowest BCUT2D eigenvalue weighted by molar-refractivity contribution is 0.484. The van der Waals surface area contributed by atoms with Crippen LogP contribution in [0.3, 0.4) is 0 Å². The van der Waals surface area contributed by atoms with E-state index in [4.69, 9.17) is 10.2 Å². The van der Waals surface area contributed by atoms with Gasteiger partial charge in [0, 0.05) is 13.1 Å². The van der Waals surface area contributed by atoms with E-state index in [1.54, 1.807) is 12.1 Å². The van der Waals surface area contributed by atoms with Crippen LogP contribution in [0.1, 0.15) is 11.3 Å². The predicted octanol–water partition coefficient (Wildman–Crippen LogP) is 2.63. The number of halogens is 1. The first-order valence-corrected chi connectivity index (χ1v) is 8.13. The lowest BCUT2D eigenvalue weighted by Gasteiger charge is -2.18. The van der Waals surface area contributed by atoms with Crippen molar-refractivity contribution in [2.75, 3.05) is 11.4 Å². The van der Waals surface area contributed by atoms with E-state index < -0.39 is 10.0 Å². The van der Waals surface area contributed by atoms with Gasteiger partial charge in [-0.1, -0.05) is 17.7 Å². The summed E-state index contributed by atoms with van der Waals surface area (Å²) < 4.78 is 31.7. The molecule has 7 heteroatoms. The first-order valence-electron chi connectivity index (χ1n) is 5.90. The third kappa shape index (κ3) is 2.74. The van der Waals surface area contributed by atoms with Crippen LogP contribution in [0.2, 0.25) is 0 Å². The summed E-state index contributed by atoms with van der Waals surface area (Å²) in [5.74, 6) is 0.410. The summed E-state index contributed by atoms with van der Waals surface area (Å²) in [5, 5.41) is 0. The van der Waals surface area contributed by atoms with Crippen molar-refractivity contribution >= 4 is 31.6 Å². The van der Waals surface area contributed by atoms with Crippen LogP contribution >= 0.6 is 15.9 Å². The van der Waals surface area contributed by atoms with E-state index in [1.807, 2.05) is 19.1 Å². The standard InChI is InChI=1S/C13H15BrN2O3S/c1-9-3-5-10(6-4-9)16(2)20(17,18)12-7-11(8-15)19-13(12)14/h3-7H,8,15H2,1-2H3. The number of hydrogen-bond acceptors (Lipinski definition) is 4. The van der Waals surface area contributed by atoms with Gasteiger partial charge in [-0.15, -0.1) is 0 Å². The van der Waals surface area contributed by atoms with Gasteiger partial charge in [0.1, 0.15) is 10.7 Å². The third-order valence-corrected chi connectivity index (χ3v) is 5.59. The molecule has 0 amide bonds. The highest BCUT2D eigenvalue weighted by Gasteiger charge is 2.27. The Morgan fingerprint density at radius 3 is 2.40 bits per heavy atom. The van der Waals surface area contributed by atoms with Crippen molar-refractivity contribution in [3.8, 4) is 0 Å². The molecule has 0 atom stereocenters. The van der Waals surface area contributed by atoms with E-state index in [-0.39, 0.29) is 16.1 Å². The molecule has 0 spiro atoms. The number of benzene rings is 1. The molecule has 2 N–H and O–H groups in total. The Morgan fingerprint density at radius 1 is 1.30 bits per heavy atom. The smallest absolute Gasteiger partial charge is 0.268 e. The highest BCUT2D eigenvalue weighted by molar-refractivity contribution is 9.10. The maximum absolute atomic E-state index is 12.6. The summed E-state index contributed by atoms with van der Waals surface area (Å²) in [4.78, 5) is 0.0704. The first-order chi connectivity index (χ1) is 9.36. The zero-order valence-electron chi connectivity index (χ0n) is 11.1. The van der Waals surface area contributed by atoms with E-state index in [2.05, 4.69) is 15.9 Å². The normalized spacial score (nSPS) is 11.6. The largest absolute Gasteiger partial charge is 0.452 e. The Labute approximate surface area is 126 Å². The van der Waals surface area contributed by atoms with Crippen molar-refractivity contribution in [3.63, 3.8) is 0 Å². The molecule has 1 heterocycles. The number of nitrogens with zero attached hydrogens (tertiary/aromatic N) is 1. The van der Waals surface area contributed by atoms with E-state index >= 15 is 0 Å². The summed E-state index contributed by atoms with van der Waals surface area (Å²) in [6.45, 7) is 2.08. The summed E-state index contributed by atoms with van der Waals surface area (Å²) in [6, 6.07) is 8.66. The molecular weight excluding hydrogens is 344 g/mol. The second kappa shape index (κ2) is 5.59. The number of furan rings is 1. The number of aryl methyl sites for hydroxylation is 1.